The van der Waals surface area contributed by atoms with Crippen LogP contribution in [0.25, 0.3) is 0 Å². The van der Waals surface area contributed by atoms with Crippen molar-refractivity contribution in [3.8, 4) is 0 Å². The fraction of sp³-hybridized carbons (Fsp3) is 0.429. The number of aliphatic imine (C=N–C) groups is 1. The van der Waals surface area contributed by atoms with E-state index in [1.165, 1.54) is 0 Å². The molecular weight excluding hydrogens is 462 g/mol. The van der Waals surface area contributed by atoms with Crippen molar-refractivity contribution in [1.82, 2.24) is 5.32 Å². The van der Waals surface area contributed by atoms with Crippen molar-refractivity contribution in [3.63, 3.8) is 0 Å². The molecule has 2 unspecified atom stereocenters. The molecule has 1 N–H and O–H groups in total. The van der Waals surface area contributed by atoms with Gasteiger partial charge in [-0.2, -0.15) is 52.1 Å². The van der Waals surface area contributed by atoms with Crippen LogP contribution in [0.15, 0.2) is 27.4 Å². The number of carbonyl (C=O) groups excluding carboxylic acids is 1. The summed E-state index contributed by atoms with van der Waals surface area (Å²) in [5.74, 6) is -6.01. The Kier molecular flexibility index (Phi) is 5.88. The average molecular weight is 470 g/mol. The van der Waals surface area contributed by atoms with Crippen molar-refractivity contribution in [2.75, 3.05) is 0 Å². The number of halogens is 10. The Morgan fingerprint density at radius 1 is 1.10 bits per heavy atom. The summed E-state index contributed by atoms with van der Waals surface area (Å²) in [4.78, 5) is 13.6. The smallest absolute Gasteiger partial charge is 0.286 e. The van der Waals surface area contributed by atoms with Gasteiger partial charge in [-0.3, -0.25) is 10.1 Å². The molecule has 0 saturated heterocycles. The van der Waals surface area contributed by atoms with Crippen molar-refractivity contribution in [1.29, 1.82) is 0 Å². The van der Waals surface area contributed by atoms with Crippen molar-refractivity contribution >= 4 is 24.5 Å². The Morgan fingerprint density at radius 2 is 1.67 bits per heavy atom. The van der Waals surface area contributed by atoms with Gasteiger partial charge in [0.1, 0.15) is 11.1 Å². The van der Waals surface area contributed by atoms with Crippen LogP contribution in [0, 0.1) is 12.7 Å². The normalized spacial score (nSPS) is 20.9. The van der Waals surface area contributed by atoms with Gasteiger partial charge in [0.05, 0.1) is 0 Å². The van der Waals surface area contributed by atoms with Crippen LogP contribution >= 0.6 is 12.6 Å². The van der Waals surface area contributed by atoms with Gasteiger partial charge in [-0.25, -0.2) is 9.38 Å². The third-order valence-electron chi connectivity index (χ3n) is 3.77. The number of nitrogens with zero attached hydrogens (tertiary/aromatic N) is 3. The minimum atomic E-state index is -5.65. The Morgan fingerprint density at radius 3 is 2.13 bits per heavy atom. The number of amides is 1. The van der Waals surface area contributed by atoms with E-state index in [0.29, 0.717) is 6.07 Å². The molecule has 0 saturated carbocycles. The van der Waals surface area contributed by atoms with E-state index in [9.17, 15) is 48.7 Å². The van der Waals surface area contributed by atoms with E-state index < -0.39 is 63.8 Å². The number of nitrogens with one attached hydrogen (secondary N) is 1. The Balaban J connectivity index is 2.65. The summed E-state index contributed by atoms with van der Waals surface area (Å²) in [7, 11) is 0. The van der Waals surface area contributed by atoms with Crippen LogP contribution in [0.4, 0.5) is 43.9 Å². The van der Waals surface area contributed by atoms with Crippen LogP contribution in [0.1, 0.15) is 21.9 Å². The van der Waals surface area contributed by atoms with Gasteiger partial charge in [0.15, 0.2) is 0 Å². The molecule has 1 aliphatic heterocycles. The third kappa shape index (κ3) is 4.37. The number of alkyl halides is 9. The van der Waals surface area contributed by atoms with Crippen LogP contribution in [0.5, 0.6) is 0 Å². The zero-order chi connectivity index (χ0) is 23.3. The molecule has 0 aromatic heterocycles. The number of azo groups is 1. The summed E-state index contributed by atoms with van der Waals surface area (Å²) in [6, 6.07) is 0.491. The van der Waals surface area contributed by atoms with Crippen LogP contribution < -0.4 is 5.32 Å². The summed E-state index contributed by atoms with van der Waals surface area (Å²) in [6.45, 7) is 0.978. The highest BCUT2D eigenvalue weighted by Gasteiger charge is 2.61. The van der Waals surface area contributed by atoms with Crippen LogP contribution in [-0.4, -0.2) is 30.4 Å². The fourth-order valence-corrected chi connectivity index (χ4v) is 2.64. The molecule has 0 aliphatic carbocycles. The zero-order valence-corrected chi connectivity index (χ0v) is 15.1. The Hall–Kier alpha value is -2.39. The highest BCUT2D eigenvalue weighted by atomic mass is 32.1. The number of thiol groups is 1. The lowest BCUT2D eigenvalue weighted by atomic mass is 9.93. The summed E-state index contributed by atoms with van der Waals surface area (Å²) in [5, 5.41) is 3.63. The predicted molar refractivity (Wildman–Crippen MR) is 83.1 cm³/mol. The molecule has 1 aromatic carbocycles. The van der Waals surface area contributed by atoms with Gasteiger partial charge in [0.25, 0.3) is 5.66 Å². The molecule has 1 aromatic rings. The molecule has 1 heterocycles. The number of benzene rings is 1. The molecule has 2 rings (SSSR count). The van der Waals surface area contributed by atoms with Gasteiger partial charge in [0.2, 0.25) is 5.96 Å². The van der Waals surface area contributed by atoms with Gasteiger partial charge in [-0.15, -0.1) is 10.2 Å². The van der Waals surface area contributed by atoms with Crippen LogP contribution in [-0.2, 0) is 10.5 Å². The monoisotopic (exact) mass is 470 g/mol. The molecule has 2 atom stereocenters. The molecular formula is C14H8F10N4OS. The quantitative estimate of drug-likeness (QED) is 0.470. The summed E-state index contributed by atoms with van der Waals surface area (Å²) in [6.07, 6.45) is -16.2. The third-order valence-corrected chi connectivity index (χ3v) is 4.34. The minimum Gasteiger partial charge on any atom is -0.286 e. The maximum absolute atomic E-state index is 14.4. The lowest BCUT2D eigenvalue weighted by Crippen LogP contribution is -2.42. The number of hydrogen-bond donors (Lipinski definition) is 2. The first-order chi connectivity index (χ1) is 13.4. The van der Waals surface area contributed by atoms with Crippen molar-refractivity contribution < 1.29 is 48.7 Å². The Labute approximate surface area is 165 Å². The van der Waals surface area contributed by atoms with E-state index in [1.807, 2.05) is 0 Å². The maximum atomic E-state index is 14.4. The predicted octanol–water partition coefficient (Wildman–Crippen LogP) is 4.88. The van der Waals surface area contributed by atoms with Crippen LogP contribution in [0.3, 0.4) is 0 Å². The molecule has 0 bridgehead atoms. The highest BCUT2D eigenvalue weighted by Crippen LogP contribution is 2.49. The molecule has 30 heavy (non-hydrogen) atoms. The molecule has 1 amide bonds. The molecule has 16 heteroatoms. The molecule has 0 spiro atoms. The minimum absolute atomic E-state index is 0.153. The summed E-state index contributed by atoms with van der Waals surface area (Å²) in [5.41, 5.74) is -6.87. The lowest BCUT2D eigenvalue weighted by Gasteiger charge is -2.27. The van der Waals surface area contributed by atoms with Crippen LogP contribution in [0.2, 0.25) is 0 Å². The number of guanidine groups is 1. The van der Waals surface area contributed by atoms with Gasteiger partial charge < -0.3 is 0 Å². The van der Waals surface area contributed by atoms with E-state index in [2.05, 4.69) is 27.8 Å². The van der Waals surface area contributed by atoms with Crippen molar-refractivity contribution in [2.45, 2.75) is 36.4 Å². The summed E-state index contributed by atoms with van der Waals surface area (Å²) < 4.78 is 131. The molecule has 166 valence electrons. The van der Waals surface area contributed by atoms with Crippen molar-refractivity contribution in [2.24, 2.45) is 15.2 Å². The van der Waals surface area contributed by atoms with Gasteiger partial charge in [0, 0.05) is 5.56 Å². The number of rotatable bonds is 2. The van der Waals surface area contributed by atoms with E-state index >= 15 is 0 Å². The average Bonchev–Trinajstić information content (AvgIpc) is 2.97. The fourth-order valence-electron chi connectivity index (χ4n) is 2.36. The van der Waals surface area contributed by atoms with Gasteiger partial charge >= 0.3 is 24.4 Å². The van der Waals surface area contributed by atoms with E-state index in [-0.39, 0.29) is 6.07 Å². The van der Waals surface area contributed by atoms with E-state index in [0.717, 1.165) is 12.2 Å². The maximum Gasteiger partial charge on any atom is 0.471 e. The zero-order valence-electron chi connectivity index (χ0n) is 14.2. The van der Waals surface area contributed by atoms with E-state index in [4.69, 9.17) is 0 Å². The number of carbonyl (C=O) groups is 1. The molecule has 0 radical (unpaired) electrons. The molecule has 1 aliphatic rings. The van der Waals surface area contributed by atoms with E-state index in [1.54, 1.807) is 0 Å². The first kappa shape index (κ1) is 23.9. The van der Waals surface area contributed by atoms with Gasteiger partial charge in [-0.05, 0) is 30.2 Å². The lowest BCUT2D eigenvalue weighted by molar-refractivity contribution is -0.187. The topological polar surface area (TPSA) is 66.2 Å². The first-order valence-corrected chi connectivity index (χ1v) is 7.95. The second-order valence-electron chi connectivity index (χ2n) is 5.89. The highest BCUT2D eigenvalue weighted by molar-refractivity contribution is 7.80. The molecule has 5 nitrogen and oxygen atoms in total. The largest absolute Gasteiger partial charge is 0.471 e. The van der Waals surface area contributed by atoms with Gasteiger partial charge in [-0.1, -0.05) is 0 Å². The number of aryl methyl sites for hydroxylation is 1. The second-order valence-corrected chi connectivity index (χ2v) is 6.41. The summed E-state index contributed by atoms with van der Waals surface area (Å²) >= 11 is 3.29. The second kappa shape index (κ2) is 7.39. The standard InChI is InChI=1S/C14H8F10N4OS/c1-4-2-7(15)6(3-5(4)8(30)12(16,17)18)11(14(22,23)24)26-10(27-28-11)25-9(29)13(19,20)21/h2-3,8,30H,1H3,(H,25,26,29). The molecule has 0 fully saturated rings. The number of hydrogen-bond acceptors (Lipinski definition) is 5. The SMILES string of the molecule is Cc1cc(F)c(C2(C(F)(F)F)N=NC(NC(=O)C(F)(F)F)=N2)cc1C(S)C(F)(F)F. The Bertz CT molecular complexity index is 921. The first-order valence-electron chi connectivity index (χ1n) is 7.43. The van der Waals surface area contributed by atoms with Crippen molar-refractivity contribution in [3.05, 3.63) is 34.6 Å².